The first-order chi connectivity index (χ1) is 7.11. The van der Waals surface area contributed by atoms with E-state index >= 15 is 0 Å². The van der Waals surface area contributed by atoms with E-state index in [0.717, 1.165) is 38.9 Å². The minimum atomic E-state index is 0.158. The molecule has 2 amide bonds. The minimum Gasteiger partial charge on any atom is -0.356 e. The summed E-state index contributed by atoms with van der Waals surface area (Å²) in [5, 5.41) is 2.87. The molecule has 2 saturated heterocycles. The lowest BCUT2D eigenvalue weighted by Gasteiger charge is -2.43. The molecule has 0 unspecified atom stereocenters. The van der Waals surface area contributed by atoms with Gasteiger partial charge in [0.1, 0.15) is 0 Å². The molecule has 0 radical (unpaired) electrons. The lowest BCUT2D eigenvalue weighted by Crippen LogP contribution is -2.48. The van der Waals surface area contributed by atoms with Crippen molar-refractivity contribution in [3.05, 3.63) is 0 Å². The molecule has 0 aliphatic carbocycles. The number of hydrogen-bond donors (Lipinski definition) is 1. The summed E-state index contributed by atoms with van der Waals surface area (Å²) in [4.78, 5) is 24.4. The maximum Gasteiger partial charge on any atom is 0.220 e. The third kappa shape index (κ3) is 2.13. The van der Waals surface area contributed by atoms with Crippen molar-refractivity contribution < 1.29 is 9.59 Å². The van der Waals surface area contributed by atoms with Crippen LogP contribution in [0.5, 0.6) is 0 Å². The van der Waals surface area contributed by atoms with Gasteiger partial charge in [-0.3, -0.25) is 9.59 Å². The van der Waals surface area contributed by atoms with Crippen LogP contribution >= 0.6 is 0 Å². The van der Waals surface area contributed by atoms with E-state index in [9.17, 15) is 9.59 Å². The molecule has 4 nitrogen and oxygen atoms in total. The second-order valence-electron chi connectivity index (χ2n) is 4.78. The summed E-state index contributed by atoms with van der Waals surface area (Å²) < 4.78 is 0. The summed E-state index contributed by atoms with van der Waals surface area (Å²) in [5.74, 6) is 0.336. The number of nitrogens with zero attached hydrogens (tertiary/aromatic N) is 1. The number of likely N-dealkylation sites (tertiary alicyclic amines) is 1. The van der Waals surface area contributed by atoms with E-state index in [-0.39, 0.29) is 17.2 Å². The van der Waals surface area contributed by atoms with E-state index in [4.69, 9.17) is 0 Å². The summed E-state index contributed by atoms with van der Waals surface area (Å²) >= 11 is 0. The van der Waals surface area contributed by atoms with Gasteiger partial charge in [-0.1, -0.05) is 0 Å². The van der Waals surface area contributed by atoms with Crippen molar-refractivity contribution in [3.8, 4) is 0 Å². The number of rotatable bonds is 0. The lowest BCUT2D eigenvalue weighted by molar-refractivity contribution is -0.133. The van der Waals surface area contributed by atoms with Crippen LogP contribution in [0.4, 0.5) is 0 Å². The first-order valence-electron chi connectivity index (χ1n) is 5.64. The predicted octanol–water partition coefficient (Wildman–Crippen LogP) is 0.525. The van der Waals surface area contributed by atoms with Crippen LogP contribution in [-0.4, -0.2) is 36.3 Å². The minimum absolute atomic E-state index is 0.158. The predicted molar refractivity (Wildman–Crippen MR) is 56.2 cm³/mol. The van der Waals surface area contributed by atoms with Crippen molar-refractivity contribution in [1.29, 1.82) is 0 Å². The third-order valence-electron chi connectivity index (χ3n) is 3.78. The zero-order valence-electron chi connectivity index (χ0n) is 9.21. The topological polar surface area (TPSA) is 49.4 Å². The van der Waals surface area contributed by atoms with E-state index in [1.165, 1.54) is 0 Å². The first-order valence-corrected chi connectivity index (χ1v) is 5.64. The van der Waals surface area contributed by atoms with Crippen LogP contribution < -0.4 is 5.32 Å². The van der Waals surface area contributed by atoms with Gasteiger partial charge in [0, 0.05) is 33.0 Å². The molecule has 15 heavy (non-hydrogen) atoms. The zero-order valence-corrected chi connectivity index (χ0v) is 9.21. The van der Waals surface area contributed by atoms with Gasteiger partial charge in [-0.05, 0) is 24.7 Å². The molecule has 0 aromatic heterocycles. The number of hydrogen-bond acceptors (Lipinski definition) is 2. The van der Waals surface area contributed by atoms with Crippen molar-refractivity contribution in [2.45, 2.75) is 32.6 Å². The van der Waals surface area contributed by atoms with Crippen LogP contribution in [0.15, 0.2) is 0 Å². The Hall–Kier alpha value is -1.06. The molecule has 1 N–H and O–H groups in total. The molecule has 84 valence electrons. The number of nitrogens with one attached hydrogen (secondary N) is 1. The van der Waals surface area contributed by atoms with Crippen molar-refractivity contribution in [2.75, 3.05) is 19.6 Å². The highest BCUT2D eigenvalue weighted by atomic mass is 16.2. The van der Waals surface area contributed by atoms with E-state index < -0.39 is 0 Å². The van der Waals surface area contributed by atoms with Crippen molar-refractivity contribution in [3.63, 3.8) is 0 Å². The zero-order chi connectivity index (χ0) is 10.9. The van der Waals surface area contributed by atoms with Crippen LogP contribution in [0.25, 0.3) is 0 Å². The molecule has 1 spiro atoms. The molecule has 2 aliphatic rings. The summed E-state index contributed by atoms with van der Waals surface area (Å²) in [6.07, 6.45) is 3.70. The van der Waals surface area contributed by atoms with E-state index in [1.54, 1.807) is 6.92 Å². The summed E-state index contributed by atoms with van der Waals surface area (Å²) in [6, 6.07) is 0. The highest BCUT2D eigenvalue weighted by Crippen LogP contribution is 2.39. The van der Waals surface area contributed by atoms with E-state index in [2.05, 4.69) is 5.32 Å². The second kappa shape index (κ2) is 3.83. The quantitative estimate of drug-likeness (QED) is 0.634. The monoisotopic (exact) mass is 210 g/mol. The Balaban J connectivity index is 1.96. The van der Waals surface area contributed by atoms with Crippen molar-refractivity contribution in [2.24, 2.45) is 5.41 Å². The highest BCUT2D eigenvalue weighted by Gasteiger charge is 2.38. The van der Waals surface area contributed by atoms with Crippen LogP contribution in [0.2, 0.25) is 0 Å². The van der Waals surface area contributed by atoms with Crippen molar-refractivity contribution >= 4 is 11.8 Å². The largest absolute Gasteiger partial charge is 0.356 e. The molecular formula is C11H18N2O2. The second-order valence-corrected chi connectivity index (χ2v) is 4.78. The molecule has 0 aromatic carbocycles. The van der Waals surface area contributed by atoms with Crippen molar-refractivity contribution in [1.82, 2.24) is 10.2 Å². The fraction of sp³-hybridized carbons (Fsp3) is 0.818. The number of piperidine rings is 2. The number of carbonyl (C=O) groups excluding carboxylic acids is 2. The first kappa shape index (κ1) is 10.5. The Kier molecular flexibility index (Phi) is 2.67. The number of amides is 2. The van der Waals surface area contributed by atoms with E-state index in [0.29, 0.717) is 6.42 Å². The Labute approximate surface area is 90.0 Å². The molecule has 2 aliphatic heterocycles. The Morgan fingerprint density at radius 1 is 1.33 bits per heavy atom. The molecular weight excluding hydrogens is 192 g/mol. The smallest absolute Gasteiger partial charge is 0.220 e. The van der Waals surface area contributed by atoms with Crippen LogP contribution in [0, 0.1) is 5.41 Å². The average molecular weight is 210 g/mol. The van der Waals surface area contributed by atoms with Gasteiger partial charge < -0.3 is 10.2 Å². The third-order valence-corrected chi connectivity index (χ3v) is 3.78. The average Bonchev–Trinajstić information content (AvgIpc) is 2.18. The number of carbonyl (C=O) groups is 2. The van der Waals surface area contributed by atoms with E-state index in [1.807, 2.05) is 4.90 Å². The van der Waals surface area contributed by atoms with Gasteiger partial charge in [-0.2, -0.15) is 0 Å². The molecule has 2 fully saturated rings. The van der Waals surface area contributed by atoms with Gasteiger partial charge in [-0.25, -0.2) is 0 Å². The molecule has 0 aromatic rings. The summed E-state index contributed by atoms with van der Waals surface area (Å²) in [7, 11) is 0. The highest BCUT2D eigenvalue weighted by molar-refractivity contribution is 5.77. The normalized spacial score (nSPS) is 25.1. The SMILES string of the molecule is CC(=O)N1CCC2(CCNC(=O)C2)CC1. The van der Waals surface area contributed by atoms with Gasteiger partial charge in [0.15, 0.2) is 0 Å². The molecule has 2 rings (SSSR count). The molecule has 0 saturated carbocycles. The molecule has 0 bridgehead atoms. The fourth-order valence-corrected chi connectivity index (χ4v) is 2.68. The van der Waals surface area contributed by atoms with Gasteiger partial charge in [-0.15, -0.1) is 0 Å². The Morgan fingerprint density at radius 2 is 2.00 bits per heavy atom. The van der Waals surface area contributed by atoms with Gasteiger partial charge in [0.05, 0.1) is 0 Å². The Bertz CT molecular complexity index is 280. The summed E-state index contributed by atoms with van der Waals surface area (Å²) in [6.45, 7) is 4.07. The summed E-state index contributed by atoms with van der Waals surface area (Å²) in [5.41, 5.74) is 0.189. The van der Waals surface area contributed by atoms with Crippen LogP contribution in [-0.2, 0) is 9.59 Å². The molecule has 4 heteroatoms. The fourth-order valence-electron chi connectivity index (χ4n) is 2.68. The maximum absolute atomic E-state index is 11.4. The molecule has 0 atom stereocenters. The standard InChI is InChI=1S/C11H18N2O2/c1-9(14)13-6-3-11(4-7-13)2-5-12-10(15)8-11/h2-8H2,1H3,(H,12,15). The maximum atomic E-state index is 11.4. The van der Waals surface area contributed by atoms with Gasteiger partial charge in [0.25, 0.3) is 0 Å². The Morgan fingerprint density at radius 3 is 2.53 bits per heavy atom. The van der Waals surface area contributed by atoms with Gasteiger partial charge >= 0.3 is 0 Å². The van der Waals surface area contributed by atoms with Crippen LogP contribution in [0.1, 0.15) is 32.6 Å². The van der Waals surface area contributed by atoms with Gasteiger partial charge in [0.2, 0.25) is 11.8 Å². The lowest BCUT2D eigenvalue weighted by atomic mass is 9.71. The molecule has 2 heterocycles. The van der Waals surface area contributed by atoms with Crippen LogP contribution in [0.3, 0.4) is 0 Å².